The molecule has 2 N–H and O–H groups in total. The summed E-state index contributed by atoms with van der Waals surface area (Å²) in [5.74, 6) is 0.705. The largest absolute Gasteiger partial charge is 0.323 e. The monoisotopic (exact) mass is 296 g/mol. The van der Waals surface area contributed by atoms with Crippen molar-refractivity contribution in [2.45, 2.75) is 39.5 Å². The van der Waals surface area contributed by atoms with E-state index in [1.807, 2.05) is 30.3 Å². The molecule has 0 atom stereocenters. The molecule has 0 saturated heterocycles. The minimum absolute atomic E-state index is 0.207. The SMILES string of the molecule is CC(C)c1cccc(C(C)C)c1NC(=O)Nc1ccccc1. The van der Waals surface area contributed by atoms with E-state index >= 15 is 0 Å². The van der Waals surface area contributed by atoms with E-state index in [-0.39, 0.29) is 6.03 Å². The van der Waals surface area contributed by atoms with Crippen LogP contribution < -0.4 is 10.6 Å². The van der Waals surface area contributed by atoms with Crippen molar-refractivity contribution in [3.63, 3.8) is 0 Å². The lowest BCUT2D eigenvalue weighted by molar-refractivity contribution is 0.262. The molecule has 0 bridgehead atoms. The van der Waals surface area contributed by atoms with E-state index in [0.29, 0.717) is 11.8 Å². The van der Waals surface area contributed by atoms with Crippen LogP contribution >= 0.6 is 0 Å². The number of benzene rings is 2. The van der Waals surface area contributed by atoms with Crippen molar-refractivity contribution in [3.8, 4) is 0 Å². The van der Waals surface area contributed by atoms with Crippen molar-refractivity contribution in [1.82, 2.24) is 0 Å². The number of hydrogen-bond donors (Lipinski definition) is 2. The highest BCUT2D eigenvalue weighted by molar-refractivity contribution is 6.00. The van der Waals surface area contributed by atoms with Crippen LogP contribution in [0.2, 0.25) is 0 Å². The fraction of sp³-hybridized carbons (Fsp3) is 0.316. The normalized spacial score (nSPS) is 10.8. The molecule has 116 valence electrons. The summed E-state index contributed by atoms with van der Waals surface area (Å²) in [5.41, 5.74) is 4.04. The second kappa shape index (κ2) is 7.12. The number of rotatable bonds is 4. The molecular weight excluding hydrogens is 272 g/mol. The van der Waals surface area contributed by atoms with Gasteiger partial charge >= 0.3 is 6.03 Å². The summed E-state index contributed by atoms with van der Waals surface area (Å²) in [6, 6.07) is 15.5. The topological polar surface area (TPSA) is 41.1 Å². The Morgan fingerprint density at radius 2 is 1.32 bits per heavy atom. The molecule has 0 saturated carbocycles. The first kappa shape index (κ1) is 16.1. The van der Waals surface area contributed by atoms with Crippen LogP contribution in [-0.2, 0) is 0 Å². The summed E-state index contributed by atoms with van der Waals surface area (Å²) in [6.45, 7) is 8.55. The van der Waals surface area contributed by atoms with E-state index < -0.39 is 0 Å². The van der Waals surface area contributed by atoms with Gasteiger partial charge in [-0.25, -0.2) is 4.79 Å². The van der Waals surface area contributed by atoms with E-state index in [9.17, 15) is 4.79 Å². The van der Waals surface area contributed by atoms with Gasteiger partial charge in [0, 0.05) is 11.4 Å². The van der Waals surface area contributed by atoms with E-state index in [1.165, 1.54) is 0 Å². The highest BCUT2D eigenvalue weighted by Crippen LogP contribution is 2.32. The third-order valence-corrected chi connectivity index (χ3v) is 3.64. The minimum atomic E-state index is -0.207. The number of carbonyl (C=O) groups excluding carboxylic acids is 1. The summed E-state index contributed by atoms with van der Waals surface area (Å²) in [6.07, 6.45) is 0. The molecule has 2 aromatic carbocycles. The number of anilines is 2. The van der Waals surface area contributed by atoms with Gasteiger partial charge in [-0.05, 0) is 35.1 Å². The first-order valence-electron chi connectivity index (χ1n) is 7.75. The highest BCUT2D eigenvalue weighted by atomic mass is 16.2. The summed E-state index contributed by atoms with van der Waals surface area (Å²) in [5, 5.41) is 5.91. The Morgan fingerprint density at radius 3 is 1.82 bits per heavy atom. The van der Waals surface area contributed by atoms with Gasteiger partial charge in [0.1, 0.15) is 0 Å². The second-order valence-electron chi connectivity index (χ2n) is 6.07. The van der Waals surface area contributed by atoms with Crippen molar-refractivity contribution in [2.75, 3.05) is 10.6 Å². The van der Waals surface area contributed by atoms with Gasteiger partial charge in [-0.2, -0.15) is 0 Å². The zero-order chi connectivity index (χ0) is 16.1. The van der Waals surface area contributed by atoms with Crippen LogP contribution in [0.25, 0.3) is 0 Å². The Labute approximate surface area is 132 Å². The lowest BCUT2D eigenvalue weighted by Gasteiger charge is -2.20. The standard InChI is InChI=1S/C19H24N2O/c1-13(2)16-11-8-12-17(14(3)4)18(16)21-19(22)20-15-9-6-5-7-10-15/h5-14H,1-4H3,(H2,20,21,22). The first-order valence-corrected chi connectivity index (χ1v) is 7.75. The number of hydrogen-bond acceptors (Lipinski definition) is 1. The van der Waals surface area contributed by atoms with Gasteiger partial charge < -0.3 is 10.6 Å². The Kier molecular flexibility index (Phi) is 5.21. The molecule has 0 aliphatic heterocycles. The van der Waals surface area contributed by atoms with Crippen LogP contribution in [-0.4, -0.2) is 6.03 Å². The highest BCUT2D eigenvalue weighted by Gasteiger charge is 2.15. The maximum absolute atomic E-state index is 12.3. The van der Waals surface area contributed by atoms with E-state index in [4.69, 9.17) is 0 Å². The van der Waals surface area contributed by atoms with Crippen LogP contribution in [0.4, 0.5) is 16.2 Å². The molecule has 22 heavy (non-hydrogen) atoms. The summed E-state index contributed by atoms with van der Waals surface area (Å²) in [7, 11) is 0. The van der Waals surface area contributed by atoms with Gasteiger partial charge in [-0.15, -0.1) is 0 Å². The molecular formula is C19H24N2O. The minimum Gasteiger partial charge on any atom is -0.308 e. The third-order valence-electron chi connectivity index (χ3n) is 3.64. The lowest BCUT2D eigenvalue weighted by atomic mass is 9.93. The van der Waals surface area contributed by atoms with Gasteiger partial charge in [0.25, 0.3) is 0 Å². The molecule has 0 radical (unpaired) electrons. The fourth-order valence-corrected chi connectivity index (χ4v) is 2.49. The molecule has 3 nitrogen and oxygen atoms in total. The molecule has 2 aromatic rings. The maximum Gasteiger partial charge on any atom is 0.323 e. The number of urea groups is 1. The quantitative estimate of drug-likeness (QED) is 0.760. The van der Waals surface area contributed by atoms with Gasteiger partial charge in [0.2, 0.25) is 0 Å². The molecule has 0 aliphatic rings. The summed E-state index contributed by atoms with van der Waals surface area (Å²) in [4.78, 5) is 12.3. The van der Waals surface area contributed by atoms with Crippen molar-refractivity contribution >= 4 is 17.4 Å². The molecule has 0 aromatic heterocycles. The Balaban J connectivity index is 2.25. The smallest absolute Gasteiger partial charge is 0.308 e. The van der Waals surface area contributed by atoms with Crippen LogP contribution in [0.5, 0.6) is 0 Å². The molecule has 0 fully saturated rings. The Morgan fingerprint density at radius 1 is 0.773 bits per heavy atom. The summed E-state index contributed by atoms with van der Waals surface area (Å²) >= 11 is 0. The Bertz CT molecular complexity index is 607. The lowest BCUT2D eigenvalue weighted by Crippen LogP contribution is -2.21. The zero-order valence-electron chi connectivity index (χ0n) is 13.7. The first-order chi connectivity index (χ1) is 10.5. The average Bonchev–Trinajstić information content (AvgIpc) is 2.47. The van der Waals surface area contributed by atoms with Crippen molar-refractivity contribution in [1.29, 1.82) is 0 Å². The predicted molar refractivity (Wildman–Crippen MR) is 93.7 cm³/mol. The van der Waals surface area contributed by atoms with Crippen molar-refractivity contribution in [2.24, 2.45) is 0 Å². The van der Waals surface area contributed by atoms with Crippen LogP contribution in [0.15, 0.2) is 48.5 Å². The van der Waals surface area contributed by atoms with Gasteiger partial charge in [-0.3, -0.25) is 0 Å². The summed E-state index contributed by atoms with van der Waals surface area (Å²) < 4.78 is 0. The zero-order valence-corrected chi connectivity index (χ0v) is 13.7. The van der Waals surface area contributed by atoms with Gasteiger partial charge in [-0.1, -0.05) is 64.1 Å². The number of nitrogens with one attached hydrogen (secondary N) is 2. The fourth-order valence-electron chi connectivity index (χ4n) is 2.49. The van der Waals surface area contributed by atoms with Gasteiger partial charge in [0.05, 0.1) is 0 Å². The molecule has 0 aliphatic carbocycles. The van der Waals surface area contributed by atoms with Crippen LogP contribution in [0.3, 0.4) is 0 Å². The number of para-hydroxylation sites is 2. The third kappa shape index (κ3) is 3.88. The van der Waals surface area contributed by atoms with Crippen LogP contribution in [0, 0.1) is 0 Å². The number of amides is 2. The van der Waals surface area contributed by atoms with Gasteiger partial charge in [0.15, 0.2) is 0 Å². The van der Waals surface area contributed by atoms with Crippen molar-refractivity contribution in [3.05, 3.63) is 59.7 Å². The van der Waals surface area contributed by atoms with E-state index in [2.05, 4.69) is 56.5 Å². The molecule has 2 rings (SSSR count). The predicted octanol–water partition coefficient (Wildman–Crippen LogP) is 5.58. The average molecular weight is 296 g/mol. The van der Waals surface area contributed by atoms with E-state index in [1.54, 1.807) is 0 Å². The van der Waals surface area contributed by atoms with E-state index in [0.717, 1.165) is 22.5 Å². The maximum atomic E-state index is 12.3. The molecule has 3 heteroatoms. The second-order valence-corrected chi connectivity index (χ2v) is 6.07. The van der Waals surface area contributed by atoms with Crippen LogP contribution in [0.1, 0.15) is 50.7 Å². The molecule has 2 amide bonds. The van der Waals surface area contributed by atoms with Crippen molar-refractivity contribution < 1.29 is 4.79 Å². The molecule has 0 unspecified atom stereocenters. The number of carbonyl (C=O) groups is 1. The Hall–Kier alpha value is -2.29. The molecule has 0 spiro atoms. The molecule has 0 heterocycles.